The normalized spacial score (nSPS) is 12.9. The van der Waals surface area contributed by atoms with Crippen molar-refractivity contribution in [3.05, 3.63) is 81.1 Å². The SMILES string of the molecule is CC(=N)NCCC(C)NCc1ccc(-n2cc3cc(-c4cc(CCC[C@@H](N)CO)cc(Cl)c4F)[nH]c3nc2=O)cc1. The minimum atomic E-state index is -0.552. The molecule has 4 aromatic rings. The van der Waals surface area contributed by atoms with Crippen molar-refractivity contribution >= 4 is 28.5 Å². The molecule has 4 rings (SSSR count). The van der Waals surface area contributed by atoms with E-state index in [1.807, 2.05) is 24.3 Å². The van der Waals surface area contributed by atoms with Gasteiger partial charge in [0.1, 0.15) is 5.65 Å². The number of aromatic nitrogens is 3. The van der Waals surface area contributed by atoms with E-state index < -0.39 is 11.5 Å². The van der Waals surface area contributed by atoms with Gasteiger partial charge in [-0.15, -0.1) is 0 Å². The Morgan fingerprint density at radius 2 is 1.98 bits per heavy atom. The van der Waals surface area contributed by atoms with Gasteiger partial charge in [-0.2, -0.15) is 4.98 Å². The summed E-state index contributed by atoms with van der Waals surface area (Å²) in [5, 5.41) is 23.7. The van der Waals surface area contributed by atoms with E-state index in [0.717, 1.165) is 30.5 Å². The Morgan fingerprint density at radius 1 is 1.22 bits per heavy atom. The number of halogens is 2. The molecule has 0 aliphatic carbocycles. The molecule has 2 heterocycles. The Balaban J connectivity index is 1.50. The second-order valence-corrected chi connectivity index (χ2v) is 10.9. The molecule has 11 heteroatoms. The average molecular weight is 582 g/mol. The first-order chi connectivity index (χ1) is 19.6. The molecule has 9 nitrogen and oxygen atoms in total. The van der Waals surface area contributed by atoms with Crippen molar-refractivity contribution in [3.8, 4) is 16.9 Å². The molecule has 2 atom stereocenters. The Bertz CT molecular complexity index is 1550. The topological polar surface area (TPSA) is 145 Å². The predicted molar refractivity (Wildman–Crippen MR) is 162 cm³/mol. The fourth-order valence-electron chi connectivity index (χ4n) is 4.61. The number of rotatable bonds is 13. The van der Waals surface area contributed by atoms with Gasteiger partial charge in [-0.25, -0.2) is 9.18 Å². The summed E-state index contributed by atoms with van der Waals surface area (Å²) in [7, 11) is 0. The van der Waals surface area contributed by atoms with Crippen LogP contribution in [0.2, 0.25) is 5.02 Å². The Kier molecular flexibility index (Phi) is 10.3. The first kappa shape index (κ1) is 30.4. The molecule has 0 bridgehead atoms. The largest absolute Gasteiger partial charge is 0.395 e. The third-order valence-corrected chi connectivity index (χ3v) is 7.27. The summed E-state index contributed by atoms with van der Waals surface area (Å²) in [6.07, 6.45) is 4.60. The van der Waals surface area contributed by atoms with Crippen molar-refractivity contribution in [2.24, 2.45) is 5.73 Å². The summed E-state index contributed by atoms with van der Waals surface area (Å²) in [6, 6.07) is 12.8. The molecular weight excluding hydrogens is 545 g/mol. The van der Waals surface area contributed by atoms with Crippen molar-refractivity contribution in [2.45, 2.75) is 58.2 Å². The predicted octanol–water partition coefficient (Wildman–Crippen LogP) is 4.27. The molecule has 2 aromatic heterocycles. The van der Waals surface area contributed by atoms with Gasteiger partial charge in [0.15, 0.2) is 5.82 Å². The van der Waals surface area contributed by atoms with Crippen LogP contribution in [-0.4, -0.2) is 50.7 Å². The number of benzene rings is 2. The molecule has 1 unspecified atom stereocenters. The fourth-order valence-corrected chi connectivity index (χ4v) is 4.86. The molecule has 0 saturated carbocycles. The van der Waals surface area contributed by atoms with Crippen molar-refractivity contribution < 1.29 is 9.50 Å². The third-order valence-electron chi connectivity index (χ3n) is 7.00. The lowest BCUT2D eigenvalue weighted by molar-refractivity contribution is 0.258. The van der Waals surface area contributed by atoms with Crippen LogP contribution >= 0.6 is 11.6 Å². The molecule has 218 valence electrons. The minimum Gasteiger partial charge on any atom is -0.395 e. The molecule has 0 fully saturated rings. The Labute approximate surface area is 243 Å². The number of fused-ring (bicyclic) bond motifs is 1. The van der Waals surface area contributed by atoms with Crippen LogP contribution in [0.25, 0.3) is 28.0 Å². The van der Waals surface area contributed by atoms with Gasteiger partial charge in [0.05, 0.1) is 28.8 Å². The zero-order valence-electron chi connectivity index (χ0n) is 23.3. The lowest BCUT2D eigenvalue weighted by atomic mass is 10.0. The van der Waals surface area contributed by atoms with Crippen LogP contribution in [0.1, 0.15) is 44.2 Å². The molecule has 41 heavy (non-hydrogen) atoms. The lowest BCUT2D eigenvalue weighted by Gasteiger charge is -2.14. The summed E-state index contributed by atoms with van der Waals surface area (Å²) in [5.74, 6) is -0.0894. The highest BCUT2D eigenvalue weighted by Crippen LogP contribution is 2.31. The van der Waals surface area contributed by atoms with E-state index in [2.05, 4.69) is 27.5 Å². The van der Waals surface area contributed by atoms with E-state index in [0.29, 0.717) is 53.2 Å². The number of hydrogen-bond acceptors (Lipinski definition) is 6. The van der Waals surface area contributed by atoms with Crippen LogP contribution in [0, 0.1) is 11.2 Å². The molecule has 0 saturated heterocycles. The number of aliphatic hydroxyl groups is 1. The number of aliphatic hydroxyl groups excluding tert-OH is 1. The maximum Gasteiger partial charge on any atom is 0.354 e. The standard InChI is InChI=1S/C30H37ClFN7O2/c1-18(10-11-35-19(2)33)36-15-20-6-8-24(9-7-20)39-16-22-14-27(37-29(22)38-30(39)41)25-12-21(13-26(31)28(25)32)4-3-5-23(34)17-40/h6-9,12-14,16,18,23,36,40H,3-5,10-11,15,17,34H2,1-2H3,(H2,33,35)(H,37,38,41)/t18?,23-/m1/s1. The maximum absolute atomic E-state index is 15.1. The van der Waals surface area contributed by atoms with E-state index in [4.69, 9.17) is 27.9 Å². The van der Waals surface area contributed by atoms with Crippen molar-refractivity contribution in [2.75, 3.05) is 13.2 Å². The highest BCUT2D eigenvalue weighted by molar-refractivity contribution is 6.31. The molecule has 0 radical (unpaired) electrons. The van der Waals surface area contributed by atoms with Crippen LogP contribution in [0.5, 0.6) is 0 Å². The smallest absolute Gasteiger partial charge is 0.354 e. The monoisotopic (exact) mass is 581 g/mol. The van der Waals surface area contributed by atoms with Crippen molar-refractivity contribution in [1.82, 2.24) is 25.2 Å². The Morgan fingerprint density at radius 3 is 2.68 bits per heavy atom. The van der Waals surface area contributed by atoms with E-state index in [9.17, 15) is 4.79 Å². The molecule has 0 spiro atoms. The summed E-state index contributed by atoms with van der Waals surface area (Å²) in [6.45, 7) is 5.17. The fraction of sp³-hybridized carbons (Fsp3) is 0.367. The number of nitrogens with two attached hydrogens (primary N) is 1. The number of nitrogens with zero attached hydrogens (tertiary/aromatic N) is 2. The number of aryl methyl sites for hydroxylation is 1. The summed E-state index contributed by atoms with van der Waals surface area (Å²) >= 11 is 6.21. The number of hydrogen-bond donors (Lipinski definition) is 6. The minimum absolute atomic E-state index is 0.0113. The van der Waals surface area contributed by atoms with Gasteiger partial charge < -0.3 is 26.5 Å². The second-order valence-electron chi connectivity index (χ2n) is 10.4. The van der Waals surface area contributed by atoms with Crippen molar-refractivity contribution in [1.29, 1.82) is 5.41 Å². The quantitative estimate of drug-likeness (QED) is 0.103. The molecule has 0 aliphatic rings. The van der Waals surface area contributed by atoms with Crippen LogP contribution in [0.15, 0.2) is 53.5 Å². The van der Waals surface area contributed by atoms with Crippen molar-refractivity contribution in [3.63, 3.8) is 0 Å². The van der Waals surface area contributed by atoms with Gasteiger partial charge in [0.2, 0.25) is 0 Å². The molecule has 0 amide bonds. The van der Waals surface area contributed by atoms with Crippen LogP contribution in [-0.2, 0) is 13.0 Å². The van der Waals surface area contributed by atoms with Gasteiger partial charge in [-0.05, 0) is 81.0 Å². The number of nitrogens with one attached hydrogen (secondary N) is 4. The van der Waals surface area contributed by atoms with Crippen LogP contribution in [0.3, 0.4) is 0 Å². The van der Waals surface area contributed by atoms with E-state index >= 15 is 4.39 Å². The van der Waals surface area contributed by atoms with Gasteiger partial charge in [0, 0.05) is 42.3 Å². The van der Waals surface area contributed by atoms with Gasteiger partial charge in [-0.3, -0.25) is 9.98 Å². The first-order valence-electron chi connectivity index (χ1n) is 13.7. The third kappa shape index (κ3) is 8.01. The van der Waals surface area contributed by atoms with Crippen LogP contribution in [0.4, 0.5) is 4.39 Å². The number of amidine groups is 1. The highest BCUT2D eigenvalue weighted by atomic mass is 35.5. The van der Waals surface area contributed by atoms with E-state index in [-0.39, 0.29) is 23.7 Å². The second kappa shape index (κ2) is 13.9. The summed E-state index contributed by atoms with van der Waals surface area (Å²) in [4.78, 5) is 20.1. The lowest BCUT2D eigenvalue weighted by Crippen LogP contribution is -2.31. The Hall–Kier alpha value is -3.57. The summed E-state index contributed by atoms with van der Waals surface area (Å²) in [5.41, 5.74) is 9.07. The molecular formula is C30H37ClFN7O2. The number of H-pyrrole nitrogens is 1. The summed E-state index contributed by atoms with van der Waals surface area (Å²) < 4.78 is 16.5. The maximum atomic E-state index is 15.1. The highest BCUT2D eigenvalue weighted by Gasteiger charge is 2.16. The van der Waals surface area contributed by atoms with Crippen LogP contribution < -0.4 is 22.1 Å². The molecule has 2 aromatic carbocycles. The molecule has 0 aliphatic heterocycles. The van der Waals surface area contributed by atoms with E-state index in [1.165, 1.54) is 4.57 Å². The van der Waals surface area contributed by atoms with Gasteiger partial charge in [0.25, 0.3) is 0 Å². The first-order valence-corrected chi connectivity index (χ1v) is 14.1. The zero-order valence-corrected chi connectivity index (χ0v) is 24.1. The van der Waals surface area contributed by atoms with Gasteiger partial charge >= 0.3 is 5.69 Å². The van der Waals surface area contributed by atoms with Gasteiger partial charge in [-0.1, -0.05) is 23.7 Å². The zero-order chi connectivity index (χ0) is 29.5. The average Bonchev–Trinajstić information content (AvgIpc) is 3.35. The van der Waals surface area contributed by atoms with E-state index in [1.54, 1.807) is 31.3 Å². The number of aromatic amines is 1. The molecule has 7 N–H and O–H groups in total.